The minimum Gasteiger partial charge on any atom is -0.414 e. The molecule has 10 heteroatoms. The quantitative estimate of drug-likeness (QED) is 0.240. The summed E-state index contributed by atoms with van der Waals surface area (Å²) in [5, 5.41) is 3.05. The van der Waals surface area contributed by atoms with Crippen LogP contribution in [0.1, 0.15) is 6.42 Å². The molecular weight excluding hydrogens is 308 g/mol. The van der Waals surface area contributed by atoms with E-state index in [2.05, 4.69) is 40.7 Å². The first kappa shape index (κ1) is 18.5. The van der Waals surface area contributed by atoms with Crippen LogP contribution in [0.5, 0.6) is 0 Å². The number of carbonyl (C=O) groups excluding carboxylic acids is 2. The summed E-state index contributed by atoms with van der Waals surface area (Å²) in [5.41, 5.74) is 1.92. The highest BCUT2D eigenvalue weighted by atomic mass is 32.2. The number of rotatable bonds is 9. The zero-order valence-electron chi connectivity index (χ0n) is 10.6. The molecule has 0 aliphatic carbocycles. The molecule has 114 valence electrons. The molecule has 20 heavy (non-hydrogen) atoms. The summed E-state index contributed by atoms with van der Waals surface area (Å²) in [6, 6.07) is 0. The maximum absolute atomic E-state index is 11.2. The number of hydroxylamine groups is 1. The highest BCUT2D eigenvalue weighted by Gasteiger charge is 2.12. The largest absolute Gasteiger partial charge is 0.436 e. The zero-order valence-corrected chi connectivity index (χ0v) is 12.3. The van der Waals surface area contributed by atoms with Crippen LogP contribution in [0.4, 0.5) is 4.79 Å². The van der Waals surface area contributed by atoms with E-state index in [4.69, 9.17) is 0 Å². The molecule has 0 saturated carbocycles. The molecular formula is C10H16N2O6S2. The van der Waals surface area contributed by atoms with E-state index < -0.39 is 27.6 Å². The van der Waals surface area contributed by atoms with Gasteiger partial charge in [0.15, 0.2) is 9.84 Å². The van der Waals surface area contributed by atoms with E-state index in [9.17, 15) is 18.0 Å². The Labute approximate surface area is 122 Å². The number of hydrogen-bond donors (Lipinski definition) is 3. The monoisotopic (exact) mass is 324 g/mol. The van der Waals surface area contributed by atoms with Crippen molar-refractivity contribution in [2.24, 2.45) is 0 Å². The Morgan fingerprint density at radius 2 is 2.00 bits per heavy atom. The van der Waals surface area contributed by atoms with E-state index in [1.54, 1.807) is 0 Å². The molecule has 0 aliphatic heterocycles. The first-order valence-corrected chi connectivity index (χ1v) is 7.65. The third-order valence-electron chi connectivity index (χ3n) is 1.77. The van der Waals surface area contributed by atoms with Crippen LogP contribution in [0, 0.1) is 0 Å². The molecule has 0 spiro atoms. The second-order valence-corrected chi connectivity index (χ2v) is 5.58. The Hall–Kier alpha value is -1.52. The number of amides is 2. The average Bonchev–Trinajstić information content (AvgIpc) is 2.35. The van der Waals surface area contributed by atoms with Crippen LogP contribution in [0.15, 0.2) is 24.3 Å². The Bertz CT molecular complexity index is 474. The van der Waals surface area contributed by atoms with Gasteiger partial charge >= 0.3 is 6.09 Å². The summed E-state index contributed by atoms with van der Waals surface area (Å²) >= 11 is 3.69. The molecule has 0 bridgehead atoms. The third-order valence-corrected chi connectivity index (χ3v) is 3.07. The molecule has 0 unspecified atom stereocenters. The zero-order chi connectivity index (χ0) is 15.6. The normalized spacial score (nSPS) is 10.4. The van der Waals surface area contributed by atoms with Crippen molar-refractivity contribution in [3.63, 3.8) is 0 Å². The second-order valence-electron chi connectivity index (χ2n) is 3.38. The fourth-order valence-electron chi connectivity index (χ4n) is 0.928. The predicted octanol–water partition coefficient (Wildman–Crippen LogP) is 0.110. The van der Waals surface area contributed by atoms with Crippen molar-refractivity contribution in [1.29, 1.82) is 0 Å². The number of hydrogen-bond acceptors (Lipinski definition) is 7. The van der Waals surface area contributed by atoms with Gasteiger partial charge in [-0.15, -0.1) is 12.6 Å². The van der Waals surface area contributed by atoms with E-state index in [1.807, 2.05) is 5.48 Å². The molecule has 0 aromatic heterocycles. The van der Waals surface area contributed by atoms with Gasteiger partial charge in [-0.05, 0) is 0 Å². The Morgan fingerprint density at radius 3 is 2.55 bits per heavy atom. The van der Waals surface area contributed by atoms with Crippen LogP contribution in [0.2, 0.25) is 0 Å². The van der Waals surface area contributed by atoms with Crippen LogP contribution in [0.25, 0.3) is 0 Å². The highest BCUT2D eigenvalue weighted by Crippen LogP contribution is 1.99. The lowest BCUT2D eigenvalue weighted by molar-refractivity contribution is -0.118. The molecule has 0 radical (unpaired) electrons. The lowest BCUT2D eigenvalue weighted by atomic mass is 10.4. The first-order chi connectivity index (χ1) is 9.30. The molecule has 0 atom stereocenters. The molecule has 0 aromatic carbocycles. The standard InChI is InChI=1S/C10H16N2O6S2/c1-3-20(15,16)6-9(13)11-5-4-8(2)18-10(14)12-17-7-19/h3,19H,1-2,4-7H2,(H,11,13)(H,12,14). The van der Waals surface area contributed by atoms with E-state index >= 15 is 0 Å². The van der Waals surface area contributed by atoms with Crippen molar-refractivity contribution in [2.45, 2.75) is 6.42 Å². The van der Waals surface area contributed by atoms with E-state index in [-0.39, 0.29) is 24.7 Å². The van der Waals surface area contributed by atoms with Gasteiger partial charge in [-0.1, -0.05) is 13.2 Å². The second kappa shape index (κ2) is 9.39. The van der Waals surface area contributed by atoms with Gasteiger partial charge in [0.25, 0.3) is 0 Å². The van der Waals surface area contributed by atoms with Crippen LogP contribution in [-0.2, 0) is 24.2 Å². The molecule has 2 amide bonds. The van der Waals surface area contributed by atoms with Crippen molar-refractivity contribution in [3.8, 4) is 0 Å². The van der Waals surface area contributed by atoms with Gasteiger partial charge in [0.2, 0.25) is 5.91 Å². The number of ether oxygens (including phenoxy) is 1. The number of thiol groups is 1. The fourth-order valence-corrected chi connectivity index (χ4v) is 1.58. The predicted molar refractivity (Wildman–Crippen MR) is 75.3 cm³/mol. The van der Waals surface area contributed by atoms with Crippen molar-refractivity contribution in [3.05, 3.63) is 24.3 Å². The van der Waals surface area contributed by atoms with Gasteiger partial charge in [0.05, 0.1) is 0 Å². The molecule has 0 saturated heterocycles. The van der Waals surface area contributed by atoms with Gasteiger partial charge in [0, 0.05) is 18.4 Å². The molecule has 0 rings (SSSR count). The van der Waals surface area contributed by atoms with E-state index in [0.717, 1.165) is 0 Å². The van der Waals surface area contributed by atoms with Gasteiger partial charge in [0.1, 0.15) is 17.5 Å². The summed E-state index contributed by atoms with van der Waals surface area (Å²) in [4.78, 5) is 26.7. The van der Waals surface area contributed by atoms with Crippen LogP contribution in [0.3, 0.4) is 0 Å². The molecule has 2 N–H and O–H groups in total. The fraction of sp³-hybridized carbons (Fsp3) is 0.400. The van der Waals surface area contributed by atoms with Crippen molar-refractivity contribution in [1.82, 2.24) is 10.8 Å². The first-order valence-electron chi connectivity index (χ1n) is 5.31. The Kier molecular flexibility index (Phi) is 8.68. The summed E-state index contributed by atoms with van der Waals surface area (Å²) in [5.74, 6) is -1.30. The SMILES string of the molecule is C=CS(=O)(=O)CC(=O)NCCC(=C)OC(=O)NOCS. The summed E-state index contributed by atoms with van der Waals surface area (Å²) < 4.78 is 26.8. The summed E-state index contributed by atoms with van der Waals surface area (Å²) in [7, 11) is -3.59. The Balaban J connectivity index is 3.89. The van der Waals surface area contributed by atoms with E-state index in [0.29, 0.717) is 5.41 Å². The lowest BCUT2D eigenvalue weighted by Gasteiger charge is -2.08. The summed E-state index contributed by atoms with van der Waals surface area (Å²) in [6.45, 7) is 6.61. The highest BCUT2D eigenvalue weighted by molar-refractivity contribution is 7.94. The molecule has 8 nitrogen and oxygen atoms in total. The number of nitrogens with one attached hydrogen (secondary N) is 2. The minimum atomic E-state index is -3.59. The Morgan fingerprint density at radius 1 is 1.35 bits per heavy atom. The molecule has 0 heterocycles. The van der Waals surface area contributed by atoms with Crippen LogP contribution >= 0.6 is 12.6 Å². The van der Waals surface area contributed by atoms with Crippen LogP contribution in [-0.4, -0.2) is 38.7 Å². The van der Waals surface area contributed by atoms with Crippen molar-refractivity contribution in [2.75, 3.05) is 18.2 Å². The average molecular weight is 324 g/mol. The number of carbonyl (C=O) groups is 2. The van der Waals surface area contributed by atoms with Gasteiger partial charge < -0.3 is 10.1 Å². The third kappa shape index (κ3) is 9.42. The van der Waals surface area contributed by atoms with E-state index in [1.165, 1.54) is 0 Å². The molecule has 0 aliphatic rings. The van der Waals surface area contributed by atoms with Crippen molar-refractivity contribution < 1.29 is 27.6 Å². The van der Waals surface area contributed by atoms with Crippen LogP contribution < -0.4 is 10.8 Å². The smallest absolute Gasteiger partial charge is 0.414 e. The summed E-state index contributed by atoms with van der Waals surface area (Å²) in [6.07, 6.45) is -0.738. The topological polar surface area (TPSA) is 111 Å². The van der Waals surface area contributed by atoms with Gasteiger partial charge in [-0.3, -0.25) is 9.63 Å². The maximum Gasteiger partial charge on any atom is 0.436 e. The van der Waals surface area contributed by atoms with Gasteiger partial charge in [-0.25, -0.2) is 13.2 Å². The van der Waals surface area contributed by atoms with Crippen molar-refractivity contribution >= 4 is 34.5 Å². The molecule has 0 fully saturated rings. The number of sulfone groups is 1. The van der Waals surface area contributed by atoms with Gasteiger partial charge in [-0.2, -0.15) is 5.48 Å². The molecule has 0 aromatic rings. The lowest BCUT2D eigenvalue weighted by Crippen LogP contribution is -2.31. The maximum atomic E-state index is 11.2. The minimum absolute atomic E-state index is 0.0184.